The first-order chi connectivity index (χ1) is 7.65. The van der Waals surface area contributed by atoms with Crippen molar-refractivity contribution in [1.29, 1.82) is 0 Å². The molecule has 16 heavy (non-hydrogen) atoms. The average molecular weight is 225 g/mol. The largest absolute Gasteiger partial charge is 0.489 e. The van der Waals surface area contributed by atoms with E-state index in [1.165, 1.54) is 6.07 Å². The Morgan fingerprint density at radius 3 is 2.56 bits per heavy atom. The zero-order valence-electron chi connectivity index (χ0n) is 10.2. The lowest BCUT2D eigenvalue weighted by atomic mass is 10.1. The Morgan fingerprint density at radius 1 is 1.31 bits per heavy atom. The maximum absolute atomic E-state index is 13.3. The average Bonchev–Trinajstić information content (AvgIpc) is 2.26. The van der Waals surface area contributed by atoms with Gasteiger partial charge in [-0.15, -0.1) is 0 Å². The second-order valence-corrected chi connectivity index (χ2v) is 4.15. The van der Waals surface area contributed by atoms with Crippen LogP contribution in [0.3, 0.4) is 0 Å². The van der Waals surface area contributed by atoms with E-state index in [4.69, 9.17) is 4.74 Å². The SMILES string of the molecule is CCNC(COc1ccccc1F)C(C)C. The summed E-state index contributed by atoms with van der Waals surface area (Å²) in [6, 6.07) is 6.75. The number of hydrogen-bond acceptors (Lipinski definition) is 2. The lowest BCUT2D eigenvalue weighted by Gasteiger charge is -2.22. The summed E-state index contributed by atoms with van der Waals surface area (Å²) >= 11 is 0. The topological polar surface area (TPSA) is 21.3 Å². The Morgan fingerprint density at radius 2 is 2.00 bits per heavy atom. The van der Waals surface area contributed by atoms with Crippen molar-refractivity contribution in [3.8, 4) is 5.75 Å². The van der Waals surface area contributed by atoms with E-state index in [0.717, 1.165) is 6.54 Å². The third kappa shape index (κ3) is 3.81. The van der Waals surface area contributed by atoms with Gasteiger partial charge >= 0.3 is 0 Å². The summed E-state index contributed by atoms with van der Waals surface area (Å²) in [5.74, 6) is 0.485. The predicted molar refractivity (Wildman–Crippen MR) is 64.2 cm³/mol. The quantitative estimate of drug-likeness (QED) is 0.803. The Kier molecular flexibility index (Phi) is 5.26. The molecule has 0 heterocycles. The molecular formula is C13H20FNO. The summed E-state index contributed by atoms with van der Waals surface area (Å²) in [5, 5.41) is 3.32. The fraction of sp³-hybridized carbons (Fsp3) is 0.538. The second-order valence-electron chi connectivity index (χ2n) is 4.15. The van der Waals surface area contributed by atoms with Crippen molar-refractivity contribution in [3.63, 3.8) is 0 Å². The van der Waals surface area contributed by atoms with Crippen LogP contribution in [0, 0.1) is 11.7 Å². The fourth-order valence-corrected chi connectivity index (χ4v) is 1.49. The highest BCUT2D eigenvalue weighted by Gasteiger charge is 2.13. The Balaban J connectivity index is 2.52. The van der Waals surface area contributed by atoms with Crippen LogP contribution in [0.25, 0.3) is 0 Å². The van der Waals surface area contributed by atoms with Crippen LogP contribution in [-0.4, -0.2) is 19.2 Å². The first-order valence-electron chi connectivity index (χ1n) is 5.75. The normalized spacial score (nSPS) is 12.8. The molecule has 1 rings (SSSR count). The van der Waals surface area contributed by atoms with Crippen LogP contribution >= 0.6 is 0 Å². The zero-order chi connectivity index (χ0) is 12.0. The molecule has 1 aromatic rings. The zero-order valence-corrected chi connectivity index (χ0v) is 10.2. The number of ether oxygens (including phenoxy) is 1. The van der Waals surface area contributed by atoms with Crippen molar-refractivity contribution in [2.75, 3.05) is 13.2 Å². The number of nitrogens with one attached hydrogen (secondary N) is 1. The number of halogens is 1. The van der Waals surface area contributed by atoms with E-state index in [2.05, 4.69) is 26.1 Å². The molecule has 0 aliphatic carbocycles. The predicted octanol–water partition coefficient (Wildman–Crippen LogP) is 2.84. The Labute approximate surface area is 96.8 Å². The van der Waals surface area contributed by atoms with Crippen LogP contribution in [0.4, 0.5) is 4.39 Å². The van der Waals surface area contributed by atoms with Crippen molar-refractivity contribution in [2.24, 2.45) is 5.92 Å². The molecule has 0 fully saturated rings. The van der Waals surface area contributed by atoms with Crippen LogP contribution in [-0.2, 0) is 0 Å². The molecule has 0 radical (unpaired) electrons. The highest BCUT2D eigenvalue weighted by molar-refractivity contribution is 5.23. The van der Waals surface area contributed by atoms with E-state index in [0.29, 0.717) is 18.3 Å². The molecule has 1 aromatic carbocycles. The van der Waals surface area contributed by atoms with Gasteiger partial charge in [0.2, 0.25) is 0 Å². The molecule has 0 bridgehead atoms. The van der Waals surface area contributed by atoms with Crippen molar-refractivity contribution < 1.29 is 9.13 Å². The van der Waals surface area contributed by atoms with Crippen molar-refractivity contribution in [2.45, 2.75) is 26.8 Å². The van der Waals surface area contributed by atoms with Gasteiger partial charge in [-0.05, 0) is 24.6 Å². The third-order valence-electron chi connectivity index (χ3n) is 2.53. The minimum atomic E-state index is -0.304. The molecule has 0 amide bonds. The maximum atomic E-state index is 13.3. The van der Waals surface area contributed by atoms with E-state index >= 15 is 0 Å². The molecule has 0 aliphatic heterocycles. The number of hydrogen-bond donors (Lipinski definition) is 1. The lowest BCUT2D eigenvalue weighted by Crippen LogP contribution is -2.38. The van der Waals surface area contributed by atoms with Crippen molar-refractivity contribution >= 4 is 0 Å². The van der Waals surface area contributed by atoms with Crippen LogP contribution < -0.4 is 10.1 Å². The van der Waals surface area contributed by atoms with Gasteiger partial charge in [0.1, 0.15) is 6.61 Å². The minimum Gasteiger partial charge on any atom is -0.489 e. The van der Waals surface area contributed by atoms with Gasteiger partial charge in [-0.25, -0.2) is 4.39 Å². The van der Waals surface area contributed by atoms with Crippen molar-refractivity contribution in [3.05, 3.63) is 30.1 Å². The first-order valence-corrected chi connectivity index (χ1v) is 5.75. The van der Waals surface area contributed by atoms with Crippen molar-refractivity contribution in [1.82, 2.24) is 5.32 Å². The first kappa shape index (κ1) is 13.0. The molecule has 1 atom stereocenters. The standard InChI is InChI=1S/C13H20FNO/c1-4-15-12(10(2)3)9-16-13-8-6-5-7-11(13)14/h5-8,10,12,15H,4,9H2,1-3H3. The molecule has 0 saturated heterocycles. The highest BCUT2D eigenvalue weighted by Crippen LogP contribution is 2.16. The van der Waals surface area contributed by atoms with E-state index < -0.39 is 0 Å². The van der Waals surface area contributed by atoms with Crippen LogP contribution in [0.1, 0.15) is 20.8 Å². The molecular weight excluding hydrogens is 205 g/mol. The molecule has 3 heteroatoms. The minimum absolute atomic E-state index is 0.254. The smallest absolute Gasteiger partial charge is 0.165 e. The molecule has 1 N–H and O–H groups in total. The maximum Gasteiger partial charge on any atom is 0.165 e. The number of likely N-dealkylation sites (N-methyl/N-ethyl adjacent to an activating group) is 1. The van der Waals surface area contributed by atoms with Gasteiger partial charge in [0.05, 0.1) is 0 Å². The molecule has 0 spiro atoms. The summed E-state index contributed by atoms with van der Waals surface area (Å²) < 4.78 is 18.8. The Bertz CT molecular complexity index is 315. The van der Waals surface area contributed by atoms with E-state index in [9.17, 15) is 4.39 Å². The Hall–Kier alpha value is -1.09. The summed E-state index contributed by atoms with van der Waals surface area (Å²) in [5.41, 5.74) is 0. The van der Waals surface area contributed by atoms with Gasteiger partial charge in [0.25, 0.3) is 0 Å². The van der Waals surface area contributed by atoms with Gasteiger partial charge in [0.15, 0.2) is 11.6 Å². The van der Waals surface area contributed by atoms with Gasteiger partial charge in [0, 0.05) is 6.04 Å². The van der Waals surface area contributed by atoms with E-state index in [1.807, 2.05) is 0 Å². The summed E-state index contributed by atoms with van der Waals surface area (Å²) in [6.07, 6.45) is 0. The summed E-state index contributed by atoms with van der Waals surface area (Å²) in [7, 11) is 0. The van der Waals surface area contributed by atoms with Crippen LogP contribution in [0.5, 0.6) is 5.75 Å². The number of rotatable bonds is 6. The van der Waals surface area contributed by atoms with E-state index in [-0.39, 0.29) is 11.9 Å². The van der Waals surface area contributed by atoms with Crippen LogP contribution in [0.2, 0.25) is 0 Å². The van der Waals surface area contributed by atoms with E-state index in [1.54, 1.807) is 18.2 Å². The van der Waals surface area contributed by atoms with Gasteiger partial charge in [-0.2, -0.15) is 0 Å². The molecule has 90 valence electrons. The van der Waals surface area contributed by atoms with Crippen LogP contribution in [0.15, 0.2) is 24.3 Å². The fourth-order valence-electron chi connectivity index (χ4n) is 1.49. The lowest BCUT2D eigenvalue weighted by molar-refractivity contribution is 0.224. The molecule has 1 unspecified atom stereocenters. The van der Waals surface area contributed by atoms with Gasteiger partial charge in [-0.3, -0.25) is 0 Å². The molecule has 2 nitrogen and oxygen atoms in total. The summed E-state index contributed by atoms with van der Waals surface area (Å²) in [4.78, 5) is 0. The number of para-hydroxylation sites is 1. The monoisotopic (exact) mass is 225 g/mol. The second kappa shape index (κ2) is 6.48. The summed E-state index contributed by atoms with van der Waals surface area (Å²) in [6.45, 7) is 7.68. The molecule has 0 aromatic heterocycles. The highest BCUT2D eigenvalue weighted by atomic mass is 19.1. The van der Waals surface area contributed by atoms with Gasteiger partial charge < -0.3 is 10.1 Å². The molecule has 0 saturated carbocycles. The molecule has 0 aliphatic rings. The van der Waals surface area contributed by atoms with Gasteiger partial charge in [-0.1, -0.05) is 32.9 Å². The third-order valence-corrected chi connectivity index (χ3v) is 2.53. The number of benzene rings is 1.